The standard InChI is InChI=1S/2C7H13NO2/c2*1-3-9-5-7-6(1)8-2-4-10-7/h2*6-8H,1-5H2/t2*6-,7-/m10/s1. The van der Waals surface area contributed by atoms with E-state index >= 15 is 0 Å². The van der Waals surface area contributed by atoms with E-state index in [1.807, 2.05) is 0 Å². The quantitative estimate of drug-likeness (QED) is 0.628. The third kappa shape index (κ3) is 3.90. The highest BCUT2D eigenvalue weighted by Gasteiger charge is 2.29. The second-order valence-electron chi connectivity index (χ2n) is 5.67. The smallest absolute Gasteiger partial charge is 0.0962 e. The molecule has 0 spiro atoms. The van der Waals surface area contributed by atoms with Crippen molar-refractivity contribution in [2.24, 2.45) is 0 Å². The number of morpholine rings is 2. The van der Waals surface area contributed by atoms with Crippen molar-refractivity contribution in [1.82, 2.24) is 10.6 Å². The molecule has 0 amide bonds. The fourth-order valence-electron chi connectivity index (χ4n) is 3.13. The Morgan fingerprint density at radius 1 is 0.650 bits per heavy atom. The summed E-state index contributed by atoms with van der Waals surface area (Å²) in [5.41, 5.74) is 0. The van der Waals surface area contributed by atoms with Gasteiger partial charge in [0, 0.05) is 38.4 Å². The van der Waals surface area contributed by atoms with E-state index in [9.17, 15) is 0 Å². The lowest BCUT2D eigenvalue weighted by molar-refractivity contribution is -0.0884. The lowest BCUT2D eigenvalue weighted by Crippen LogP contribution is -2.53. The molecule has 0 aliphatic carbocycles. The molecule has 20 heavy (non-hydrogen) atoms. The van der Waals surface area contributed by atoms with Crippen LogP contribution in [0.2, 0.25) is 0 Å². The van der Waals surface area contributed by atoms with Gasteiger partial charge in [0.15, 0.2) is 0 Å². The van der Waals surface area contributed by atoms with Gasteiger partial charge in [0.25, 0.3) is 0 Å². The third-order valence-electron chi connectivity index (χ3n) is 4.29. The predicted octanol–water partition coefficient (Wildman–Crippen LogP) is -0.473. The zero-order valence-corrected chi connectivity index (χ0v) is 12.0. The van der Waals surface area contributed by atoms with E-state index in [2.05, 4.69) is 10.6 Å². The minimum atomic E-state index is 0.322. The van der Waals surface area contributed by atoms with Gasteiger partial charge in [-0.15, -0.1) is 0 Å². The fourth-order valence-corrected chi connectivity index (χ4v) is 3.13. The molecule has 4 heterocycles. The normalized spacial score (nSPS) is 40.8. The van der Waals surface area contributed by atoms with Gasteiger partial charge < -0.3 is 29.6 Å². The van der Waals surface area contributed by atoms with Crippen LogP contribution in [0.1, 0.15) is 12.8 Å². The molecule has 4 saturated heterocycles. The summed E-state index contributed by atoms with van der Waals surface area (Å²) < 4.78 is 21.5. The molecule has 116 valence electrons. The number of nitrogens with one attached hydrogen (secondary N) is 2. The Bertz CT molecular complexity index is 212. The van der Waals surface area contributed by atoms with Gasteiger partial charge in [-0.3, -0.25) is 0 Å². The van der Waals surface area contributed by atoms with E-state index in [0.29, 0.717) is 24.3 Å². The topological polar surface area (TPSA) is 61.0 Å². The molecule has 4 aliphatic heterocycles. The van der Waals surface area contributed by atoms with Gasteiger partial charge in [-0.05, 0) is 12.8 Å². The van der Waals surface area contributed by atoms with Crippen molar-refractivity contribution in [2.75, 3.05) is 52.7 Å². The van der Waals surface area contributed by atoms with Crippen LogP contribution in [0.3, 0.4) is 0 Å². The third-order valence-corrected chi connectivity index (χ3v) is 4.29. The molecule has 6 heteroatoms. The van der Waals surface area contributed by atoms with Crippen LogP contribution >= 0.6 is 0 Å². The van der Waals surface area contributed by atoms with E-state index in [-0.39, 0.29) is 0 Å². The van der Waals surface area contributed by atoms with Gasteiger partial charge >= 0.3 is 0 Å². The number of ether oxygens (including phenoxy) is 4. The molecule has 4 aliphatic rings. The number of fused-ring (bicyclic) bond motifs is 2. The minimum Gasteiger partial charge on any atom is -0.379 e. The maximum atomic E-state index is 5.49. The average molecular weight is 286 g/mol. The van der Waals surface area contributed by atoms with Gasteiger partial charge in [0.2, 0.25) is 0 Å². The highest BCUT2D eigenvalue weighted by molar-refractivity contribution is 4.83. The number of hydrogen-bond acceptors (Lipinski definition) is 6. The molecular weight excluding hydrogens is 260 g/mol. The number of rotatable bonds is 0. The van der Waals surface area contributed by atoms with Crippen LogP contribution in [-0.4, -0.2) is 77.0 Å². The highest BCUT2D eigenvalue weighted by atomic mass is 16.5. The van der Waals surface area contributed by atoms with E-state index in [4.69, 9.17) is 18.9 Å². The Kier molecular flexibility index (Phi) is 5.64. The summed E-state index contributed by atoms with van der Waals surface area (Å²) in [6.45, 7) is 7.00. The molecule has 6 nitrogen and oxygen atoms in total. The van der Waals surface area contributed by atoms with Crippen LogP contribution in [0, 0.1) is 0 Å². The summed E-state index contributed by atoms with van der Waals surface area (Å²) in [6.07, 6.45) is 2.85. The zero-order valence-electron chi connectivity index (χ0n) is 12.0. The molecule has 4 rings (SSSR count). The molecule has 2 N–H and O–H groups in total. The summed E-state index contributed by atoms with van der Waals surface area (Å²) in [7, 11) is 0. The fraction of sp³-hybridized carbons (Fsp3) is 1.00. The molecule has 0 aromatic carbocycles. The molecular formula is C14H26N2O4. The summed E-state index contributed by atoms with van der Waals surface area (Å²) in [5, 5.41) is 6.83. The molecule has 0 unspecified atom stereocenters. The molecule has 0 saturated carbocycles. The van der Waals surface area contributed by atoms with Crippen LogP contribution < -0.4 is 10.6 Å². The van der Waals surface area contributed by atoms with E-state index in [1.165, 1.54) is 0 Å². The lowest BCUT2D eigenvalue weighted by Gasteiger charge is -2.35. The average Bonchev–Trinajstić information content (AvgIpc) is 2.56. The summed E-state index contributed by atoms with van der Waals surface area (Å²) in [5.74, 6) is 0. The first-order chi connectivity index (χ1) is 9.93. The van der Waals surface area contributed by atoms with Gasteiger partial charge in [-0.1, -0.05) is 0 Å². The van der Waals surface area contributed by atoms with Crippen molar-refractivity contribution in [1.29, 1.82) is 0 Å². The van der Waals surface area contributed by atoms with Crippen molar-refractivity contribution in [3.05, 3.63) is 0 Å². The van der Waals surface area contributed by atoms with Crippen molar-refractivity contribution >= 4 is 0 Å². The first-order valence-corrected chi connectivity index (χ1v) is 7.79. The van der Waals surface area contributed by atoms with Crippen molar-refractivity contribution in [2.45, 2.75) is 37.1 Å². The zero-order chi connectivity index (χ0) is 13.6. The van der Waals surface area contributed by atoms with Gasteiger partial charge in [0.1, 0.15) is 0 Å². The van der Waals surface area contributed by atoms with Crippen LogP contribution in [0.4, 0.5) is 0 Å². The Labute approximate surface area is 120 Å². The summed E-state index contributed by atoms with van der Waals surface area (Å²) >= 11 is 0. The van der Waals surface area contributed by atoms with Crippen LogP contribution in [0.15, 0.2) is 0 Å². The summed E-state index contributed by atoms with van der Waals surface area (Å²) in [6, 6.07) is 1.12. The Balaban J connectivity index is 0.000000121. The second-order valence-corrected chi connectivity index (χ2v) is 5.67. The van der Waals surface area contributed by atoms with E-state index in [0.717, 1.165) is 65.6 Å². The maximum Gasteiger partial charge on any atom is 0.0962 e. The number of hydrogen-bond donors (Lipinski definition) is 2. The maximum absolute atomic E-state index is 5.49. The summed E-state index contributed by atoms with van der Waals surface area (Å²) in [4.78, 5) is 0. The van der Waals surface area contributed by atoms with Gasteiger partial charge in [0.05, 0.1) is 38.6 Å². The van der Waals surface area contributed by atoms with E-state index in [1.54, 1.807) is 0 Å². The van der Waals surface area contributed by atoms with Crippen LogP contribution in [0.25, 0.3) is 0 Å². The highest BCUT2D eigenvalue weighted by Crippen LogP contribution is 2.14. The van der Waals surface area contributed by atoms with Crippen LogP contribution in [0.5, 0.6) is 0 Å². The first kappa shape index (κ1) is 14.7. The second kappa shape index (κ2) is 7.68. The lowest BCUT2D eigenvalue weighted by atomic mass is 10.1. The van der Waals surface area contributed by atoms with Crippen LogP contribution in [-0.2, 0) is 18.9 Å². The monoisotopic (exact) mass is 286 g/mol. The first-order valence-electron chi connectivity index (χ1n) is 7.79. The molecule has 0 aromatic rings. The largest absolute Gasteiger partial charge is 0.379 e. The van der Waals surface area contributed by atoms with Crippen molar-refractivity contribution in [3.63, 3.8) is 0 Å². The molecule has 4 fully saturated rings. The van der Waals surface area contributed by atoms with E-state index < -0.39 is 0 Å². The molecule has 4 atom stereocenters. The van der Waals surface area contributed by atoms with Crippen molar-refractivity contribution < 1.29 is 18.9 Å². The van der Waals surface area contributed by atoms with Gasteiger partial charge in [-0.25, -0.2) is 0 Å². The predicted molar refractivity (Wildman–Crippen MR) is 73.9 cm³/mol. The Morgan fingerprint density at radius 2 is 1.15 bits per heavy atom. The molecule has 0 bridgehead atoms. The van der Waals surface area contributed by atoms with Gasteiger partial charge in [-0.2, -0.15) is 0 Å². The molecule has 0 aromatic heterocycles. The Morgan fingerprint density at radius 3 is 1.60 bits per heavy atom. The SMILES string of the molecule is C1CO[C@@H]2COCC[C@H]2N1.C1CO[C@H]2COCC[C@@H]2N1. The Hall–Kier alpha value is -0.240. The minimum absolute atomic E-state index is 0.322. The molecule has 0 radical (unpaired) electrons. The van der Waals surface area contributed by atoms with Crippen molar-refractivity contribution in [3.8, 4) is 0 Å².